The van der Waals surface area contributed by atoms with E-state index >= 15 is 0 Å². The highest BCUT2D eigenvalue weighted by Gasteiger charge is 2.12. The summed E-state index contributed by atoms with van der Waals surface area (Å²) in [7, 11) is 3.85. The van der Waals surface area contributed by atoms with Crippen LogP contribution in [-0.4, -0.2) is 33.6 Å². The van der Waals surface area contributed by atoms with Gasteiger partial charge in [0.1, 0.15) is 0 Å². The van der Waals surface area contributed by atoms with Gasteiger partial charge in [-0.1, -0.05) is 0 Å². The predicted molar refractivity (Wildman–Crippen MR) is 87.4 cm³/mol. The third-order valence-corrected chi connectivity index (χ3v) is 3.77. The molecule has 2 aromatic rings. The highest BCUT2D eigenvalue weighted by molar-refractivity contribution is 5.74. The van der Waals surface area contributed by atoms with E-state index < -0.39 is 0 Å². The second kappa shape index (κ2) is 7.64. The molecule has 0 radical (unpaired) electrons. The number of hydrogen-bond acceptors (Lipinski definition) is 2. The van der Waals surface area contributed by atoms with Crippen molar-refractivity contribution in [2.45, 2.75) is 32.4 Å². The smallest absolute Gasteiger partial charge is 0.317 e. The van der Waals surface area contributed by atoms with E-state index in [1.807, 2.05) is 38.4 Å². The SMILES string of the molecule is CC(CCc1cccn1C)NC(=O)N(C)Cc1ccncc1. The predicted octanol–water partition coefficient (Wildman–Crippen LogP) is 2.58. The van der Waals surface area contributed by atoms with Crippen molar-refractivity contribution in [2.24, 2.45) is 7.05 Å². The molecule has 2 heterocycles. The lowest BCUT2D eigenvalue weighted by Gasteiger charge is -2.21. The van der Waals surface area contributed by atoms with Crippen molar-refractivity contribution in [3.63, 3.8) is 0 Å². The van der Waals surface area contributed by atoms with Gasteiger partial charge in [0.2, 0.25) is 0 Å². The molecule has 0 saturated carbocycles. The van der Waals surface area contributed by atoms with Gasteiger partial charge in [0, 0.05) is 51.0 Å². The zero-order valence-corrected chi connectivity index (χ0v) is 13.5. The first-order valence-electron chi connectivity index (χ1n) is 7.57. The Balaban J connectivity index is 1.77. The fourth-order valence-electron chi connectivity index (χ4n) is 2.35. The monoisotopic (exact) mass is 300 g/mol. The molecule has 5 nitrogen and oxygen atoms in total. The van der Waals surface area contributed by atoms with E-state index in [2.05, 4.69) is 20.9 Å². The molecule has 0 spiro atoms. The highest BCUT2D eigenvalue weighted by Crippen LogP contribution is 2.06. The van der Waals surface area contributed by atoms with Crippen LogP contribution in [0.3, 0.4) is 0 Å². The van der Waals surface area contributed by atoms with Gasteiger partial charge in [0.15, 0.2) is 0 Å². The largest absolute Gasteiger partial charge is 0.354 e. The third-order valence-electron chi connectivity index (χ3n) is 3.77. The summed E-state index contributed by atoms with van der Waals surface area (Å²) in [5, 5.41) is 3.04. The van der Waals surface area contributed by atoms with E-state index in [4.69, 9.17) is 0 Å². The number of pyridine rings is 1. The molecule has 2 rings (SSSR count). The number of aromatic nitrogens is 2. The number of nitrogens with one attached hydrogen (secondary N) is 1. The van der Waals surface area contributed by atoms with Gasteiger partial charge in [-0.25, -0.2) is 4.79 Å². The van der Waals surface area contributed by atoms with Crippen LogP contribution < -0.4 is 5.32 Å². The summed E-state index contributed by atoms with van der Waals surface area (Å²) < 4.78 is 2.12. The molecule has 5 heteroatoms. The molecule has 0 aliphatic carbocycles. The number of amides is 2. The molecular formula is C17H24N4O. The van der Waals surface area contributed by atoms with Gasteiger partial charge in [-0.15, -0.1) is 0 Å². The Labute approximate surface area is 132 Å². The minimum absolute atomic E-state index is 0.0452. The van der Waals surface area contributed by atoms with E-state index in [0.29, 0.717) is 6.54 Å². The lowest BCUT2D eigenvalue weighted by Crippen LogP contribution is -2.41. The molecule has 1 N–H and O–H groups in total. The van der Waals surface area contributed by atoms with Crippen LogP contribution in [-0.2, 0) is 20.0 Å². The topological polar surface area (TPSA) is 50.2 Å². The Morgan fingerprint density at radius 1 is 1.36 bits per heavy atom. The fraction of sp³-hybridized carbons (Fsp3) is 0.412. The Morgan fingerprint density at radius 2 is 2.09 bits per heavy atom. The molecule has 0 aliphatic rings. The van der Waals surface area contributed by atoms with Gasteiger partial charge in [-0.05, 0) is 49.6 Å². The van der Waals surface area contributed by atoms with Gasteiger partial charge < -0.3 is 14.8 Å². The van der Waals surface area contributed by atoms with Crippen molar-refractivity contribution >= 4 is 6.03 Å². The first-order valence-corrected chi connectivity index (χ1v) is 7.57. The number of hydrogen-bond donors (Lipinski definition) is 1. The fourth-order valence-corrected chi connectivity index (χ4v) is 2.35. The molecule has 1 atom stereocenters. The molecular weight excluding hydrogens is 276 g/mol. The Bertz CT molecular complexity index is 594. The lowest BCUT2D eigenvalue weighted by atomic mass is 10.1. The van der Waals surface area contributed by atoms with Crippen molar-refractivity contribution < 1.29 is 4.79 Å². The molecule has 0 aliphatic heterocycles. The maximum atomic E-state index is 12.2. The maximum Gasteiger partial charge on any atom is 0.317 e. The molecule has 0 saturated heterocycles. The Kier molecular flexibility index (Phi) is 5.58. The van der Waals surface area contributed by atoms with Crippen LogP contribution in [0.5, 0.6) is 0 Å². The zero-order valence-electron chi connectivity index (χ0n) is 13.5. The third kappa shape index (κ3) is 4.62. The van der Waals surface area contributed by atoms with Crippen LogP contribution in [0.4, 0.5) is 4.79 Å². The van der Waals surface area contributed by atoms with Gasteiger partial charge >= 0.3 is 6.03 Å². The van der Waals surface area contributed by atoms with Crippen LogP contribution in [0.2, 0.25) is 0 Å². The summed E-state index contributed by atoms with van der Waals surface area (Å²) >= 11 is 0. The van der Waals surface area contributed by atoms with Crippen LogP contribution in [0.25, 0.3) is 0 Å². The lowest BCUT2D eigenvalue weighted by molar-refractivity contribution is 0.203. The van der Waals surface area contributed by atoms with E-state index in [9.17, 15) is 4.79 Å². The summed E-state index contributed by atoms with van der Waals surface area (Å²) in [5.74, 6) is 0. The molecule has 2 aromatic heterocycles. The maximum absolute atomic E-state index is 12.2. The number of urea groups is 1. The highest BCUT2D eigenvalue weighted by atomic mass is 16.2. The first-order chi connectivity index (χ1) is 10.6. The minimum atomic E-state index is -0.0452. The number of rotatable bonds is 6. The van der Waals surface area contributed by atoms with Crippen molar-refractivity contribution in [1.82, 2.24) is 19.8 Å². The number of carbonyl (C=O) groups excluding carboxylic acids is 1. The summed E-state index contributed by atoms with van der Waals surface area (Å²) in [6, 6.07) is 8.09. The van der Waals surface area contributed by atoms with Crippen molar-refractivity contribution in [1.29, 1.82) is 0 Å². The zero-order chi connectivity index (χ0) is 15.9. The molecule has 22 heavy (non-hydrogen) atoms. The van der Waals surface area contributed by atoms with E-state index in [1.165, 1.54) is 5.69 Å². The van der Waals surface area contributed by atoms with Crippen molar-refractivity contribution in [3.05, 3.63) is 54.1 Å². The number of carbonyl (C=O) groups is 1. The van der Waals surface area contributed by atoms with Crippen molar-refractivity contribution in [2.75, 3.05) is 7.05 Å². The molecule has 0 fully saturated rings. The minimum Gasteiger partial charge on any atom is -0.354 e. The summed E-state index contributed by atoms with van der Waals surface area (Å²) in [6.45, 7) is 2.63. The summed E-state index contributed by atoms with van der Waals surface area (Å²) in [5.41, 5.74) is 2.36. The first kappa shape index (κ1) is 16.1. The molecule has 118 valence electrons. The normalized spacial score (nSPS) is 12.0. The van der Waals surface area contributed by atoms with Crippen LogP contribution >= 0.6 is 0 Å². The average molecular weight is 300 g/mol. The molecule has 2 amide bonds. The standard InChI is InChI=1S/C17H24N4O/c1-14(6-7-16-5-4-12-20(16)2)19-17(22)21(3)13-15-8-10-18-11-9-15/h4-5,8-12,14H,6-7,13H2,1-3H3,(H,19,22). The quantitative estimate of drug-likeness (QED) is 0.891. The molecule has 0 bridgehead atoms. The number of nitrogens with zero attached hydrogens (tertiary/aromatic N) is 3. The second-order valence-corrected chi connectivity index (χ2v) is 5.71. The molecule has 1 unspecified atom stereocenters. The van der Waals surface area contributed by atoms with E-state index in [0.717, 1.165) is 18.4 Å². The van der Waals surface area contributed by atoms with E-state index in [1.54, 1.807) is 24.3 Å². The number of aryl methyl sites for hydroxylation is 2. The second-order valence-electron chi connectivity index (χ2n) is 5.71. The van der Waals surface area contributed by atoms with E-state index in [-0.39, 0.29) is 12.1 Å². The summed E-state index contributed by atoms with van der Waals surface area (Å²) in [6.07, 6.45) is 7.40. The van der Waals surface area contributed by atoms with Crippen LogP contribution in [0.1, 0.15) is 24.6 Å². The van der Waals surface area contributed by atoms with Gasteiger partial charge in [0.25, 0.3) is 0 Å². The van der Waals surface area contributed by atoms with Crippen LogP contribution in [0.15, 0.2) is 42.9 Å². The summed E-state index contributed by atoms with van der Waals surface area (Å²) in [4.78, 5) is 17.8. The van der Waals surface area contributed by atoms with Gasteiger partial charge in [-0.3, -0.25) is 4.98 Å². The Morgan fingerprint density at radius 3 is 2.73 bits per heavy atom. The Hall–Kier alpha value is -2.30. The van der Waals surface area contributed by atoms with Crippen LogP contribution in [0, 0.1) is 0 Å². The van der Waals surface area contributed by atoms with Crippen molar-refractivity contribution in [3.8, 4) is 0 Å². The van der Waals surface area contributed by atoms with Gasteiger partial charge in [-0.2, -0.15) is 0 Å². The molecule has 0 aromatic carbocycles. The average Bonchev–Trinajstić information content (AvgIpc) is 2.91. The van der Waals surface area contributed by atoms with Gasteiger partial charge in [0.05, 0.1) is 0 Å².